The fourth-order valence-corrected chi connectivity index (χ4v) is 2.13. The summed E-state index contributed by atoms with van der Waals surface area (Å²) in [4.78, 5) is 0. The van der Waals surface area contributed by atoms with Crippen LogP contribution in [0.1, 0.15) is 17.5 Å². The smallest absolute Gasteiger partial charge is 0.276 e. The van der Waals surface area contributed by atoms with Crippen LogP contribution in [-0.4, -0.2) is 16.0 Å². The van der Waals surface area contributed by atoms with Crippen molar-refractivity contribution in [3.05, 3.63) is 41.3 Å². The summed E-state index contributed by atoms with van der Waals surface area (Å²) in [5.74, 6) is -0.876. The van der Waals surface area contributed by atoms with Gasteiger partial charge in [-0.25, -0.2) is 8.78 Å². The minimum Gasteiger partial charge on any atom is -0.416 e. The molecule has 18 heavy (non-hydrogen) atoms. The van der Waals surface area contributed by atoms with E-state index in [4.69, 9.17) is 10.2 Å². The third-order valence-electron chi connectivity index (χ3n) is 2.27. The van der Waals surface area contributed by atoms with E-state index < -0.39 is 17.7 Å². The number of nitrogens with zero attached hydrogens (tertiary/aromatic N) is 2. The molecule has 0 aliphatic heterocycles. The lowest BCUT2D eigenvalue weighted by atomic mass is 10.1. The number of hydrogen-bond acceptors (Lipinski definition) is 5. The second kappa shape index (κ2) is 5.45. The highest BCUT2D eigenvalue weighted by Crippen LogP contribution is 2.23. The summed E-state index contributed by atoms with van der Waals surface area (Å²) in [6.07, 6.45) is 0. The predicted octanol–water partition coefficient (Wildman–Crippen LogP) is 2.45. The Hall–Kier alpha value is -1.47. The van der Waals surface area contributed by atoms with Crippen LogP contribution in [0.4, 0.5) is 8.78 Å². The molecule has 0 amide bonds. The third kappa shape index (κ3) is 3.05. The Morgan fingerprint density at radius 2 is 2.11 bits per heavy atom. The molecule has 0 aliphatic rings. The van der Waals surface area contributed by atoms with Crippen molar-refractivity contribution in [3.63, 3.8) is 0 Å². The van der Waals surface area contributed by atoms with Crippen molar-refractivity contribution >= 4 is 11.8 Å². The van der Waals surface area contributed by atoms with Crippen LogP contribution < -0.4 is 5.73 Å². The molecule has 1 aromatic carbocycles. The van der Waals surface area contributed by atoms with Crippen molar-refractivity contribution in [1.29, 1.82) is 0 Å². The molecule has 2 aromatic rings. The van der Waals surface area contributed by atoms with E-state index in [0.29, 0.717) is 22.4 Å². The Bertz CT molecular complexity index is 547. The van der Waals surface area contributed by atoms with Gasteiger partial charge in [-0.1, -0.05) is 17.8 Å². The molecule has 96 valence electrons. The van der Waals surface area contributed by atoms with E-state index in [0.717, 1.165) is 12.1 Å². The quantitative estimate of drug-likeness (QED) is 0.865. The van der Waals surface area contributed by atoms with Crippen molar-refractivity contribution in [2.45, 2.75) is 18.2 Å². The topological polar surface area (TPSA) is 64.9 Å². The van der Waals surface area contributed by atoms with Gasteiger partial charge in [0.1, 0.15) is 0 Å². The molecule has 7 heteroatoms. The number of aromatic nitrogens is 2. The fraction of sp³-hybridized carbons (Fsp3) is 0.273. The van der Waals surface area contributed by atoms with Gasteiger partial charge in [0.25, 0.3) is 5.22 Å². The van der Waals surface area contributed by atoms with Gasteiger partial charge in [0, 0.05) is 18.7 Å². The normalized spacial score (nSPS) is 12.7. The first-order valence-electron chi connectivity index (χ1n) is 5.19. The first-order chi connectivity index (χ1) is 8.56. The van der Waals surface area contributed by atoms with E-state index >= 15 is 0 Å². The largest absolute Gasteiger partial charge is 0.416 e. The van der Waals surface area contributed by atoms with Gasteiger partial charge in [0.2, 0.25) is 5.89 Å². The second-order valence-electron chi connectivity index (χ2n) is 3.68. The van der Waals surface area contributed by atoms with Crippen LogP contribution in [0.3, 0.4) is 0 Å². The Labute approximate surface area is 107 Å². The van der Waals surface area contributed by atoms with Crippen molar-refractivity contribution in [3.8, 4) is 0 Å². The molecule has 2 N–H and O–H groups in total. The Morgan fingerprint density at radius 1 is 1.33 bits per heavy atom. The van der Waals surface area contributed by atoms with Crippen LogP contribution in [0, 0.1) is 18.6 Å². The van der Waals surface area contributed by atoms with E-state index in [1.807, 2.05) is 0 Å². The lowest BCUT2D eigenvalue weighted by Gasteiger charge is -2.10. The number of thioether (sulfide) groups is 1. The van der Waals surface area contributed by atoms with E-state index in [2.05, 4.69) is 10.2 Å². The predicted molar refractivity (Wildman–Crippen MR) is 63.0 cm³/mol. The Kier molecular flexibility index (Phi) is 3.93. The Balaban J connectivity index is 1.99. The van der Waals surface area contributed by atoms with Gasteiger partial charge in [-0.15, -0.1) is 10.2 Å². The van der Waals surface area contributed by atoms with Crippen molar-refractivity contribution < 1.29 is 13.2 Å². The summed E-state index contributed by atoms with van der Waals surface area (Å²) in [6, 6.07) is 3.19. The highest BCUT2D eigenvalue weighted by molar-refractivity contribution is 7.99. The van der Waals surface area contributed by atoms with E-state index in [9.17, 15) is 8.78 Å². The monoisotopic (exact) mass is 271 g/mol. The van der Waals surface area contributed by atoms with Crippen LogP contribution in [0.25, 0.3) is 0 Å². The third-order valence-corrected chi connectivity index (χ3v) is 3.20. The molecular formula is C11H11F2N3OS. The molecule has 0 radical (unpaired) electrons. The number of halogens is 2. The first kappa shape index (κ1) is 13.0. The molecule has 0 fully saturated rings. The van der Waals surface area contributed by atoms with Crippen molar-refractivity contribution in [2.24, 2.45) is 5.73 Å². The molecule has 0 spiro atoms. The Morgan fingerprint density at radius 3 is 2.72 bits per heavy atom. The maximum Gasteiger partial charge on any atom is 0.276 e. The SMILES string of the molecule is Cc1nnc(SCC(N)c2ccc(F)c(F)c2)o1. The average Bonchev–Trinajstić information content (AvgIpc) is 2.75. The van der Waals surface area contributed by atoms with Gasteiger partial charge in [0.05, 0.1) is 0 Å². The average molecular weight is 271 g/mol. The molecular weight excluding hydrogens is 260 g/mol. The number of benzene rings is 1. The first-order valence-corrected chi connectivity index (χ1v) is 6.18. The maximum absolute atomic E-state index is 13.0. The zero-order valence-corrected chi connectivity index (χ0v) is 10.4. The summed E-state index contributed by atoms with van der Waals surface area (Å²) in [5, 5.41) is 7.88. The molecule has 0 saturated heterocycles. The second-order valence-corrected chi connectivity index (χ2v) is 4.65. The fourth-order valence-electron chi connectivity index (χ4n) is 1.34. The van der Waals surface area contributed by atoms with Crippen LogP contribution in [-0.2, 0) is 0 Å². The molecule has 2 rings (SSSR count). The van der Waals surface area contributed by atoms with E-state index in [1.54, 1.807) is 6.92 Å². The number of nitrogens with two attached hydrogens (primary N) is 1. The standard InChI is InChI=1S/C11H11F2N3OS/c1-6-15-16-11(17-6)18-5-10(14)7-2-3-8(12)9(13)4-7/h2-4,10H,5,14H2,1H3. The van der Waals surface area contributed by atoms with Crippen molar-refractivity contribution in [1.82, 2.24) is 10.2 Å². The van der Waals surface area contributed by atoms with Crippen LogP contribution in [0.15, 0.2) is 27.8 Å². The van der Waals surface area contributed by atoms with Gasteiger partial charge >= 0.3 is 0 Å². The van der Waals surface area contributed by atoms with Gasteiger partial charge in [-0.3, -0.25) is 0 Å². The molecule has 4 nitrogen and oxygen atoms in total. The van der Waals surface area contributed by atoms with Crippen molar-refractivity contribution in [2.75, 3.05) is 5.75 Å². The summed E-state index contributed by atoms with van der Waals surface area (Å²) in [7, 11) is 0. The summed E-state index contributed by atoms with van der Waals surface area (Å²) in [5.41, 5.74) is 6.39. The highest BCUT2D eigenvalue weighted by Gasteiger charge is 2.12. The van der Waals surface area contributed by atoms with E-state index in [-0.39, 0.29) is 0 Å². The van der Waals surface area contributed by atoms with Crippen LogP contribution in [0.2, 0.25) is 0 Å². The van der Waals surface area contributed by atoms with E-state index in [1.165, 1.54) is 17.8 Å². The minimum atomic E-state index is -0.901. The van der Waals surface area contributed by atoms with Gasteiger partial charge in [-0.05, 0) is 17.7 Å². The zero-order chi connectivity index (χ0) is 13.1. The van der Waals surface area contributed by atoms with Gasteiger partial charge in [-0.2, -0.15) is 0 Å². The van der Waals surface area contributed by atoms with Crippen LogP contribution >= 0.6 is 11.8 Å². The molecule has 1 aromatic heterocycles. The molecule has 0 saturated carbocycles. The number of aryl methyl sites for hydroxylation is 1. The molecule has 1 unspecified atom stereocenters. The highest BCUT2D eigenvalue weighted by atomic mass is 32.2. The molecule has 1 heterocycles. The number of hydrogen-bond donors (Lipinski definition) is 1. The molecule has 0 bridgehead atoms. The lowest BCUT2D eigenvalue weighted by Crippen LogP contribution is -2.13. The maximum atomic E-state index is 13.0. The minimum absolute atomic E-state index is 0.408. The summed E-state index contributed by atoms with van der Waals surface area (Å²) < 4.78 is 31.0. The van der Waals surface area contributed by atoms with Crippen LogP contribution in [0.5, 0.6) is 0 Å². The molecule has 0 aliphatic carbocycles. The molecule has 1 atom stereocenters. The lowest BCUT2D eigenvalue weighted by molar-refractivity contribution is 0.429. The summed E-state index contributed by atoms with van der Waals surface area (Å²) in [6.45, 7) is 1.69. The summed E-state index contributed by atoms with van der Waals surface area (Å²) >= 11 is 1.27. The van der Waals surface area contributed by atoms with Gasteiger partial charge in [0.15, 0.2) is 11.6 Å². The van der Waals surface area contributed by atoms with Gasteiger partial charge < -0.3 is 10.2 Å². The number of rotatable bonds is 4. The zero-order valence-electron chi connectivity index (χ0n) is 9.56.